The number of carbonyl (C=O) groups excluding carboxylic acids is 1. The summed E-state index contributed by atoms with van der Waals surface area (Å²) < 4.78 is 4.81. The number of anilines is 1. The molecule has 0 aliphatic heterocycles. The monoisotopic (exact) mass is 312 g/mol. The Balaban J connectivity index is 1.77. The molecule has 2 aromatic rings. The number of nitrogens with one attached hydrogen (secondary N) is 2. The van der Waals surface area contributed by atoms with Gasteiger partial charge in [-0.25, -0.2) is 5.10 Å². The fraction of sp³-hybridized carbons (Fsp3) is 0.250. The second-order valence-corrected chi connectivity index (χ2v) is 5.29. The van der Waals surface area contributed by atoms with Gasteiger partial charge in [0.25, 0.3) is 0 Å². The Bertz CT molecular complexity index is 590. The summed E-state index contributed by atoms with van der Waals surface area (Å²) >= 11 is 7.56. The van der Waals surface area contributed by atoms with Crippen LogP contribution in [0.25, 0.3) is 0 Å². The minimum absolute atomic E-state index is 0.150. The summed E-state index contributed by atoms with van der Waals surface area (Å²) in [5, 5.41) is 9.59. The molecule has 0 aliphatic carbocycles. The molecule has 106 valence electrons. The SMILES string of the molecule is COc1n[nH]c(NC(=O)CCSc2ccccc2Cl)n1. The van der Waals surface area contributed by atoms with Crippen LogP contribution >= 0.6 is 23.4 Å². The Kier molecular flexibility index (Phi) is 5.25. The Morgan fingerprint density at radius 1 is 1.50 bits per heavy atom. The fourth-order valence-corrected chi connectivity index (χ4v) is 2.59. The molecule has 1 amide bonds. The predicted octanol–water partition coefficient (Wildman–Crippen LogP) is 2.59. The van der Waals surface area contributed by atoms with E-state index in [-0.39, 0.29) is 17.9 Å². The number of nitrogens with zero attached hydrogens (tertiary/aromatic N) is 2. The summed E-state index contributed by atoms with van der Waals surface area (Å²) in [5.74, 6) is 0.749. The Morgan fingerprint density at radius 2 is 2.30 bits per heavy atom. The molecule has 2 rings (SSSR count). The molecule has 0 saturated heterocycles. The molecule has 2 N–H and O–H groups in total. The Morgan fingerprint density at radius 3 is 3.00 bits per heavy atom. The molecule has 1 aromatic carbocycles. The summed E-state index contributed by atoms with van der Waals surface area (Å²) in [6.45, 7) is 0. The maximum atomic E-state index is 11.7. The Labute approximate surface area is 125 Å². The second kappa shape index (κ2) is 7.16. The highest BCUT2D eigenvalue weighted by Gasteiger charge is 2.08. The van der Waals surface area contributed by atoms with Gasteiger partial charge >= 0.3 is 6.01 Å². The first kappa shape index (κ1) is 14.7. The number of halogens is 1. The number of methoxy groups -OCH3 is 1. The van der Waals surface area contributed by atoms with Crippen molar-refractivity contribution in [1.29, 1.82) is 0 Å². The molecule has 6 nitrogen and oxygen atoms in total. The van der Waals surface area contributed by atoms with Crippen molar-refractivity contribution in [3.05, 3.63) is 29.3 Å². The number of ether oxygens (including phenoxy) is 1. The third-order valence-electron chi connectivity index (χ3n) is 2.33. The first-order valence-electron chi connectivity index (χ1n) is 5.82. The van der Waals surface area contributed by atoms with E-state index in [0.29, 0.717) is 17.2 Å². The lowest BCUT2D eigenvalue weighted by Gasteiger charge is -2.03. The average Bonchev–Trinajstić information content (AvgIpc) is 2.88. The van der Waals surface area contributed by atoms with Gasteiger partial charge in [0.15, 0.2) is 0 Å². The standard InChI is InChI=1S/C12H13ClN4O2S/c1-19-12-15-11(16-17-12)14-10(18)6-7-20-9-5-3-2-4-8(9)13/h2-5H,6-7H2,1H3,(H2,14,15,16,17,18). The van der Waals surface area contributed by atoms with Crippen LogP contribution in [0.3, 0.4) is 0 Å². The number of hydrogen-bond acceptors (Lipinski definition) is 5. The minimum Gasteiger partial charge on any atom is -0.466 e. The van der Waals surface area contributed by atoms with Crippen molar-refractivity contribution in [3.63, 3.8) is 0 Å². The smallest absolute Gasteiger partial charge is 0.336 e. The molecule has 1 aromatic heterocycles. The summed E-state index contributed by atoms with van der Waals surface area (Å²) in [6.07, 6.45) is 0.346. The van der Waals surface area contributed by atoms with Gasteiger partial charge in [0, 0.05) is 17.1 Å². The third-order valence-corrected chi connectivity index (χ3v) is 3.85. The van der Waals surface area contributed by atoms with E-state index in [1.54, 1.807) is 0 Å². The summed E-state index contributed by atoms with van der Waals surface area (Å²) in [7, 11) is 1.45. The molecular weight excluding hydrogens is 300 g/mol. The Hall–Kier alpha value is -1.73. The van der Waals surface area contributed by atoms with Crippen LogP contribution in [0, 0.1) is 0 Å². The molecule has 1 heterocycles. The molecule has 0 aliphatic rings. The lowest BCUT2D eigenvalue weighted by Crippen LogP contribution is -2.13. The van der Waals surface area contributed by atoms with Crippen LogP contribution in [0.2, 0.25) is 5.02 Å². The maximum absolute atomic E-state index is 11.7. The number of H-pyrrole nitrogens is 1. The molecule has 0 saturated carbocycles. The van der Waals surface area contributed by atoms with Gasteiger partial charge in [-0.15, -0.1) is 16.9 Å². The lowest BCUT2D eigenvalue weighted by molar-refractivity contribution is -0.115. The molecule has 0 bridgehead atoms. The number of amides is 1. The summed E-state index contributed by atoms with van der Waals surface area (Å²) in [5.41, 5.74) is 0. The van der Waals surface area contributed by atoms with E-state index in [0.717, 1.165) is 4.90 Å². The summed E-state index contributed by atoms with van der Waals surface area (Å²) in [4.78, 5) is 16.6. The van der Waals surface area contributed by atoms with E-state index in [9.17, 15) is 4.79 Å². The van der Waals surface area contributed by atoms with E-state index in [1.807, 2.05) is 24.3 Å². The highest BCUT2D eigenvalue weighted by molar-refractivity contribution is 7.99. The van der Waals surface area contributed by atoms with Gasteiger partial charge in [-0.05, 0) is 12.1 Å². The number of hydrogen-bond donors (Lipinski definition) is 2. The molecule has 20 heavy (non-hydrogen) atoms. The van der Waals surface area contributed by atoms with Crippen molar-refractivity contribution in [2.24, 2.45) is 0 Å². The normalized spacial score (nSPS) is 10.3. The topological polar surface area (TPSA) is 79.9 Å². The van der Waals surface area contributed by atoms with Crippen molar-refractivity contribution in [1.82, 2.24) is 15.2 Å². The predicted molar refractivity (Wildman–Crippen MR) is 78.4 cm³/mol. The van der Waals surface area contributed by atoms with Crippen LogP contribution in [-0.2, 0) is 4.79 Å². The average molecular weight is 313 g/mol. The zero-order valence-electron chi connectivity index (χ0n) is 10.7. The van der Waals surface area contributed by atoms with Crippen LogP contribution < -0.4 is 10.1 Å². The van der Waals surface area contributed by atoms with Crippen molar-refractivity contribution >= 4 is 35.2 Å². The zero-order valence-corrected chi connectivity index (χ0v) is 12.3. The zero-order chi connectivity index (χ0) is 14.4. The van der Waals surface area contributed by atoms with E-state index in [1.165, 1.54) is 18.9 Å². The van der Waals surface area contributed by atoms with Gasteiger partial charge in [-0.3, -0.25) is 10.1 Å². The number of carbonyl (C=O) groups is 1. The van der Waals surface area contributed by atoms with E-state index in [2.05, 4.69) is 20.5 Å². The highest BCUT2D eigenvalue weighted by Crippen LogP contribution is 2.26. The van der Waals surface area contributed by atoms with Crippen LogP contribution in [0.4, 0.5) is 5.95 Å². The number of aromatic amines is 1. The number of rotatable bonds is 6. The largest absolute Gasteiger partial charge is 0.466 e. The van der Waals surface area contributed by atoms with Gasteiger partial charge in [0.05, 0.1) is 12.1 Å². The first-order valence-corrected chi connectivity index (χ1v) is 7.19. The van der Waals surface area contributed by atoms with Crippen LogP contribution in [0.1, 0.15) is 6.42 Å². The quantitative estimate of drug-likeness (QED) is 0.801. The highest BCUT2D eigenvalue weighted by atomic mass is 35.5. The molecule has 0 atom stereocenters. The molecule has 8 heteroatoms. The lowest BCUT2D eigenvalue weighted by atomic mass is 10.4. The van der Waals surface area contributed by atoms with Crippen LogP contribution in [-0.4, -0.2) is 34.0 Å². The molecule has 0 unspecified atom stereocenters. The summed E-state index contributed by atoms with van der Waals surface area (Å²) in [6, 6.07) is 7.72. The third kappa shape index (κ3) is 4.14. The van der Waals surface area contributed by atoms with Crippen molar-refractivity contribution in [2.45, 2.75) is 11.3 Å². The van der Waals surface area contributed by atoms with Crippen LogP contribution in [0.5, 0.6) is 6.01 Å². The fourth-order valence-electron chi connectivity index (χ4n) is 1.40. The van der Waals surface area contributed by atoms with E-state index in [4.69, 9.17) is 16.3 Å². The van der Waals surface area contributed by atoms with Gasteiger partial charge in [0.1, 0.15) is 0 Å². The van der Waals surface area contributed by atoms with Gasteiger partial charge < -0.3 is 4.74 Å². The first-order chi connectivity index (χ1) is 9.69. The minimum atomic E-state index is -0.150. The van der Waals surface area contributed by atoms with E-state index >= 15 is 0 Å². The molecule has 0 fully saturated rings. The van der Waals surface area contributed by atoms with Crippen molar-refractivity contribution < 1.29 is 9.53 Å². The van der Waals surface area contributed by atoms with Gasteiger partial charge in [-0.2, -0.15) is 4.98 Å². The van der Waals surface area contributed by atoms with Crippen molar-refractivity contribution in [2.75, 3.05) is 18.2 Å². The number of aromatic nitrogens is 3. The molecular formula is C12H13ClN4O2S. The number of benzene rings is 1. The van der Waals surface area contributed by atoms with Crippen LogP contribution in [0.15, 0.2) is 29.2 Å². The van der Waals surface area contributed by atoms with Gasteiger partial charge in [-0.1, -0.05) is 23.7 Å². The maximum Gasteiger partial charge on any atom is 0.336 e. The number of thioether (sulfide) groups is 1. The van der Waals surface area contributed by atoms with Gasteiger partial charge in [0.2, 0.25) is 11.9 Å². The van der Waals surface area contributed by atoms with E-state index < -0.39 is 0 Å². The molecule has 0 spiro atoms. The second-order valence-electron chi connectivity index (χ2n) is 3.75. The molecule has 0 radical (unpaired) electrons. The van der Waals surface area contributed by atoms with Crippen molar-refractivity contribution in [3.8, 4) is 6.01 Å².